The molecule has 1 unspecified atom stereocenters. The fourth-order valence-electron chi connectivity index (χ4n) is 3.59. The number of halogens is 1. The molecule has 0 saturated carbocycles. The van der Waals surface area contributed by atoms with Gasteiger partial charge in [0.05, 0.1) is 6.54 Å². The summed E-state index contributed by atoms with van der Waals surface area (Å²) >= 11 is 0. The SMILES string of the molecule is CC(C)(C)OC(=O)N1CCN(Cc2ccc(F)cc2)C2(CCNC2=O)C1. The first-order chi connectivity index (χ1) is 12.2. The number of carbonyl (C=O) groups is 2. The van der Waals surface area contributed by atoms with E-state index in [0.29, 0.717) is 39.1 Å². The van der Waals surface area contributed by atoms with Crippen LogP contribution in [-0.2, 0) is 16.1 Å². The van der Waals surface area contributed by atoms with Crippen LogP contribution in [0.4, 0.5) is 9.18 Å². The zero-order chi connectivity index (χ0) is 18.9. The maximum Gasteiger partial charge on any atom is 0.410 e. The van der Waals surface area contributed by atoms with Gasteiger partial charge in [0.1, 0.15) is 17.0 Å². The normalized spacial score (nSPS) is 24.0. The molecular formula is C19H26FN3O3. The van der Waals surface area contributed by atoms with E-state index in [1.54, 1.807) is 17.0 Å². The molecule has 2 aliphatic rings. The van der Waals surface area contributed by atoms with Gasteiger partial charge in [-0.05, 0) is 44.9 Å². The predicted octanol–water partition coefficient (Wildman–Crippen LogP) is 2.14. The molecule has 0 bridgehead atoms. The number of hydrogen-bond donors (Lipinski definition) is 1. The van der Waals surface area contributed by atoms with Crippen LogP contribution in [0.15, 0.2) is 24.3 Å². The number of hydrogen-bond acceptors (Lipinski definition) is 4. The third-order valence-corrected chi connectivity index (χ3v) is 4.88. The van der Waals surface area contributed by atoms with Crippen molar-refractivity contribution in [3.63, 3.8) is 0 Å². The third kappa shape index (κ3) is 3.82. The molecule has 2 heterocycles. The smallest absolute Gasteiger partial charge is 0.410 e. The summed E-state index contributed by atoms with van der Waals surface area (Å²) in [7, 11) is 0. The van der Waals surface area contributed by atoms with Crippen molar-refractivity contribution < 1.29 is 18.7 Å². The average molecular weight is 363 g/mol. The second kappa shape index (κ2) is 6.87. The maximum atomic E-state index is 13.2. The Hall–Kier alpha value is -2.15. The Morgan fingerprint density at radius 2 is 1.96 bits per heavy atom. The number of nitrogens with zero attached hydrogens (tertiary/aromatic N) is 2. The van der Waals surface area contributed by atoms with Crippen LogP contribution in [0.2, 0.25) is 0 Å². The van der Waals surface area contributed by atoms with Crippen molar-refractivity contribution in [2.45, 2.75) is 44.9 Å². The molecule has 2 saturated heterocycles. The summed E-state index contributed by atoms with van der Waals surface area (Å²) in [5, 5.41) is 2.89. The molecule has 1 N–H and O–H groups in total. The molecule has 7 heteroatoms. The summed E-state index contributed by atoms with van der Waals surface area (Å²) in [6.07, 6.45) is 0.241. The largest absolute Gasteiger partial charge is 0.444 e. The van der Waals surface area contributed by atoms with Gasteiger partial charge < -0.3 is 15.0 Å². The van der Waals surface area contributed by atoms with Crippen molar-refractivity contribution in [1.82, 2.24) is 15.1 Å². The first kappa shape index (κ1) is 18.6. The summed E-state index contributed by atoms with van der Waals surface area (Å²) in [5.74, 6) is -0.343. The van der Waals surface area contributed by atoms with Crippen molar-refractivity contribution in [3.8, 4) is 0 Å². The third-order valence-electron chi connectivity index (χ3n) is 4.88. The average Bonchev–Trinajstić information content (AvgIpc) is 2.91. The first-order valence-electron chi connectivity index (χ1n) is 8.95. The van der Waals surface area contributed by atoms with E-state index in [2.05, 4.69) is 10.2 Å². The van der Waals surface area contributed by atoms with Crippen molar-refractivity contribution in [1.29, 1.82) is 0 Å². The molecule has 1 aromatic carbocycles. The molecule has 2 fully saturated rings. The summed E-state index contributed by atoms with van der Waals surface area (Å²) in [6, 6.07) is 6.31. The molecule has 142 valence electrons. The highest BCUT2D eigenvalue weighted by Crippen LogP contribution is 2.31. The molecule has 2 aliphatic heterocycles. The summed E-state index contributed by atoms with van der Waals surface area (Å²) in [6.45, 7) is 7.95. The zero-order valence-electron chi connectivity index (χ0n) is 15.5. The second-order valence-corrected chi connectivity index (χ2v) is 7.99. The lowest BCUT2D eigenvalue weighted by Gasteiger charge is -2.47. The first-order valence-corrected chi connectivity index (χ1v) is 8.95. The van der Waals surface area contributed by atoms with Gasteiger partial charge in [-0.15, -0.1) is 0 Å². The lowest BCUT2D eigenvalue weighted by atomic mass is 9.91. The molecule has 26 heavy (non-hydrogen) atoms. The number of ether oxygens (including phenoxy) is 1. The number of benzene rings is 1. The van der Waals surface area contributed by atoms with Crippen molar-refractivity contribution in [2.24, 2.45) is 0 Å². The van der Waals surface area contributed by atoms with Crippen LogP contribution in [-0.4, -0.2) is 59.1 Å². The van der Waals surface area contributed by atoms with Gasteiger partial charge in [-0.1, -0.05) is 12.1 Å². The summed E-state index contributed by atoms with van der Waals surface area (Å²) in [4.78, 5) is 28.9. The van der Waals surface area contributed by atoms with E-state index in [-0.39, 0.29) is 11.7 Å². The Labute approximate surface area is 153 Å². The molecule has 0 aromatic heterocycles. The fraction of sp³-hybridized carbons (Fsp3) is 0.579. The summed E-state index contributed by atoms with van der Waals surface area (Å²) < 4.78 is 18.6. The van der Waals surface area contributed by atoms with Gasteiger partial charge in [0.2, 0.25) is 5.91 Å². The fourth-order valence-corrected chi connectivity index (χ4v) is 3.59. The van der Waals surface area contributed by atoms with Gasteiger partial charge in [0.15, 0.2) is 0 Å². The number of rotatable bonds is 2. The van der Waals surface area contributed by atoms with Crippen LogP contribution in [0, 0.1) is 5.82 Å². The highest BCUT2D eigenvalue weighted by Gasteiger charge is 2.51. The molecule has 6 nitrogen and oxygen atoms in total. The number of amides is 2. The van der Waals surface area contributed by atoms with Crippen LogP contribution in [0.1, 0.15) is 32.8 Å². The molecule has 1 aromatic rings. The minimum absolute atomic E-state index is 0.0622. The monoisotopic (exact) mass is 363 g/mol. The molecule has 0 aliphatic carbocycles. The van der Waals surface area contributed by atoms with Crippen LogP contribution < -0.4 is 5.32 Å². The molecule has 0 radical (unpaired) electrons. The van der Waals surface area contributed by atoms with Gasteiger partial charge in [-0.2, -0.15) is 0 Å². The molecule has 3 rings (SSSR count). The van der Waals surface area contributed by atoms with Gasteiger partial charge >= 0.3 is 6.09 Å². The minimum Gasteiger partial charge on any atom is -0.444 e. The Morgan fingerprint density at radius 1 is 1.27 bits per heavy atom. The Bertz CT molecular complexity index is 686. The van der Waals surface area contributed by atoms with E-state index >= 15 is 0 Å². The molecule has 1 atom stereocenters. The Kier molecular flexibility index (Phi) is 4.92. The van der Waals surface area contributed by atoms with E-state index in [1.807, 2.05) is 20.8 Å². The van der Waals surface area contributed by atoms with Crippen molar-refractivity contribution in [3.05, 3.63) is 35.6 Å². The van der Waals surface area contributed by atoms with E-state index in [4.69, 9.17) is 4.74 Å². The van der Waals surface area contributed by atoms with E-state index in [0.717, 1.165) is 5.56 Å². The Morgan fingerprint density at radius 3 is 2.54 bits per heavy atom. The predicted molar refractivity (Wildman–Crippen MR) is 95.0 cm³/mol. The summed E-state index contributed by atoms with van der Waals surface area (Å²) in [5.41, 5.74) is -0.395. The van der Waals surface area contributed by atoms with Gasteiger partial charge in [-0.3, -0.25) is 9.69 Å². The zero-order valence-corrected chi connectivity index (χ0v) is 15.5. The molecule has 2 amide bonds. The number of carbonyl (C=O) groups excluding carboxylic acids is 2. The molecular weight excluding hydrogens is 337 g/mol. The van der Waals surface area contributed by atoms with Crippen molar-refractivity contribution in [2.75, 3.05) is 26.2 Å². The van der Waals surface area contributed by atoms with Crippen LogP contribution in [0.25, 0.3) is 0 Å². The lowest BCUT2D eigenvalue weighted by molar-refractivity contribution is -0.134. The van der Waals surface area contributed by atoms with E-state index < -0.39 is 17.2 Å². The van der Waals surface area contributed by atoms with Gasteiger partial charge in [-0.25, -0.2) is 9.18 Å². The van der Waals surface area contributed by atoms with Crippen molar-refractivity contribution >= 4 is 12.0 Å². The number of piperazine rings is 1. The van der Waals surface area contributed by atoms with Crippen LogP contribution in [0.3, 0.4) is 0 Å². The van der Waals surface area contributed by atoms with Crippen LogP contribution >= 0.6 is 0 Å². The van der Waals surface area contributed by atoms with Gasteiger partial charge in [0, 0.05) is 26.2 Å². The van der Waals surface area contributed by atoms with Gasteiger partial charge in [0.25, 0.3) is 0 Å². The van der Waals surface area contributed by atoms with Crippen LogP contribution in [0.5, 0.6) is 0 Å². The molecule has 1 spiro atoms. The highest BCUT2D eigenvalue weighted by molar-refractivity contribution is 5.89. The highest BCUT2D eigenvalue weighted by atomic mass is 19.1. The number of nitrogens with one attached hydrogen (secondary N) is 1. The quantitative estimate of drug-likeness (QED) is 0.875. The van der Waals surface area contributed by atoms with E-state index in [9.17, 15) is 14.0 Å². The topological polar surface area (TPSA) is 61.9 Å². The van der Waals surface area contributed by atoms with E-state index in [1.165, 1.54) is 12.1 Å². The second-order valence-electron chi connectivity index (χ2n) is 7.99. The maximum absolute atomic E-state index is 13.2. The standard InChI is InChI=1S/C19H26FN3O3/c1-18(2,3)26-17(25)22-10-11-23(12-14-4-6-15(20)7-5-14)19(13-22)8-9-21-16(19)24/h4-7H,8-13H2,1-3H3,(H,21,24). The Balaban J connectivity index is 1.78. The minimum atomic E-state index is -0.760. The lowest BCUT2D eigenvalue weighted by Crippen LogP contribution is -2.66.